The molecule has 0 atom stereocenters. The fourth-order valence-corrected chi connectivity index (χ4v) is 2.03. The number of nitrogens with one attached hydrogen (secondary N) is 2. The number of hydrogen-bond acceptors (Lipinski definition) is 6. The van der Waals surface area contributed by atoms with Crippen molar-refractivity contribution in [2.45, 2.75) is 0 Å². The summed E-state index contributed by atoms with van der Waals surface area (Å²) in [5.41, 5.74) is 1.05. The van der Waals surface area contributed by atoms with Gasteiger partial charge in [-0.2, -0.15) is 0 Å². The molecule has 21 heavy (non-hydrogen) atoms. The number of hydrogen-bond donors (Lipinski definition) is 2. The van der Waals surface area contributed by atoms with Crippen molar-refractivity contribution in [3.8, 4) is 0 Å². The van der Waals surface area contributed by atoms with E-state index in [0.29, 0.717) is 19.0 Å². The Hall–Kier alpha value is -1.70. The van der Waals surface area contributed by atoms with Crippen molar-refractivity contribution in [3.63, 3.8) is 0 Å². The zero-order chi connectivity index (χ0) is 14.9. The van der Waals surface area contributed by atoms with E-state index in [0.717, 1.165) is 32.0 Å². The third-order valence-corrected chi connectivity index (χ3v) is 3.16. The first-order valence-corrected chi connectivity index (χ1v) is 7.08. The van der Waals surface area contributed by atoms with E-state index in [4.69, 9.17) is 9.47 Å². The Morgan fingerprint density at radius 3 is 2.90 bits per heavy atom. The van der Waals surface area contributed by atoms with Gasteiger partial charge in [-0.25, -0.2) is 4.98 Å². The van der Waals surface area contributed by atoms with Gasteiger partial charge in [-0.3, -0.25) is 4.79 Å². The number of rotatable bonds is 7. The normalized spacial score (nSPS) is 15.0. The van der Waals surface area contributed by atoms with E-state index < -0.39 is 0 Å². The van der Waals surface area contributed by atoms with Crippen LogP contribution in [-0.4, -0.2) is 64.0 Å². The standard InChI is InChI=1S/C14H22N4O3/c1-20-7-4-15-11-14(19)17-13-3-2-12(10-16-13)18-5-8-21-9-6-18/h2-3,10,15H,4-9,11H2,1H3,(H,16,17,19). The highest BCUT2D eigenvalue weighted by Crippen LogP contribution is 2.16. The van der Waals surface area contributed by atoms with Crippen LogP contribution < -0.4 is 15.5 Å². The van der Waals surface area contributed by atoms with Crippen LogP contribution in [0, 0.1) is 0 Å². The van der Waals surface area contributed by atoms with Crippen LogP contribution >= 0.6 is 0 Å². The lowest BCUT2D eigenvalue weighted by atomic mass is 10.3. The minimum atomic E-state index is -0.113. The summed E-state index contributed by atoms with van der Waals surface area (Å²) >= 11 is 0. The number of anilines is 2. The zero-order valence-corrected chi connectivity index (χ0v) is 12.3. The predicted molar refractivity (Wildman–Crippen MR) is 80.6 cm³/mol. The smallest absolute Gasteiger partial charge is 0.239 e. The molecule has 1 saturated heterocycles. The van der Waals surface area contributed by atoms with Gasteiger partial charge < -0.3 is 25.0 Å². The number of pyridine rings is 1. The van der Waals surface area contributed by atoms with Crippen LogP contribution in [0.1, 0.15) is 0 Å². The van der Waals surface area contributed by atoms with E-state index >= 15 is 0 Å². The van der Waals surface area contributed by atoms with Crippen molar-refractivity contribution in [2.24, 2.45) is 0 Å². The molecule has 2 N–H and O–H groups in total. The molecule has 0 saturated carbocycles. The Kier molecular flexibility index (Phi) is 6.39. The van der Waals surface area contributed by atoms with Crippen LogP contribution in [0.25, 0.3) is 0 Å². The SMILES string of the molecule is COCCNCC(=O)Nc1ccc(N2CCOCC2)cn1. The maximum Gasteiger partial charge on any atom is 0.239 e. The predicted octanol–water partition coefficient (Wildman–Crippen LogP) is 0.0927. The Morgan fingerprint density at radius 1 is 1.43 bits per heavy atom. The molecule has 1 aromatic rings. The summed E-state index contributed by atoms with van der Waals surface area (Å²) in [6.07, 6.45) is 1.78. The highest BCUT2D eigenvalue weighted by molar-refractivity contribution is 5.91. The monoisotopic (exact) mass is 294 g/mol. The highest BCUT2D eigenvalue weighted by Gasteiger charge is 2.11. The number of morpholine rings is 1. The molecule has 0 bridgehead atoms. The molecule has 0 radical (unpaired) electrons. The van der Waals surface area contributed by atoms with E-state index in [1.54, 1.807) is 13.3 Å². The fourth-order valence-electron chi connectivity index (χ4n) is 2.03. The summed E-state index contributed by atoms with van der Waals surface area (Å²) < 4.78 is 10.2. The molecule has 7 nitrogen and oxygen atoms in total. The maximum absolute atomic E-state index is 11.7. The van der Waals surface area contributed by atoms with Gasteiger partial charge in [-0.05, 0) is 12.1 Å². The molecule has 1 aliphatic rings. The molecule has 0 spiro atoms. The fraction of sp³-hybridized carbons (Fsp3) is 0.571. The molecule has 0 aromatic carbocycles. The van der Waals surface area contributed by atoms with Crippen LogP contribution in [0.3, 0.4) is 0 Å². The Labute approximate surface area is 124 Å². The quantitative estimate of drug-likeness (QED) is 0.694. The minimum Gasteiger partial charge on any atom is -0.383 e. The van der Waals surface area contributed by atoms with Crippen LogP contribution in [-0.2, 0) is 14.3 Å². The molecule has 1 aromatic heterocycles. The van der Waals surface area contributed by atoms with E-state index in [2.05, 4.69) is 20.5 Å². The van der Waals surface area contributed by atoms with E-state index in [1.807, 2.05) is 12.1 Å². The second kappa shape index (κ2) is 8.56. The molecular formula is C14H22N4O3. The van der Waals surface area contributed by atoms with Crippen molar-refractivity contribution in [1.29, 1.82) is 0 Å². The molecule has 0 unspecified atom stereocenters. The summed E-state index contributed by atoms with van der Waals surface area (Å²) in [6, 6.07) is 3.78. The lowest BCUT2D eigenvalue weighted by Gasteiger charge is -2.28. The van der Waals surface area contributed by atoms with E-state index in [-0.39, 0.29) is 12.5 Å². The molecule has 1 amide bonds. The number of carbonyl (C=O) groups excluding carboxylic acids is 1. The maximum atomic E-state index is 11.7. The molecule has 1 fully saturated rings. The number of amides is 1. The second-order valence-electron chi connectivity index (χ2n) is 4.72. The van der Waals surface area contributed by atoms with E-state index in [1.165, 1.54) is 0 Å². The molecule has 0 aliphatic carbocycles. The summed E-state index contributed by atoms with van der Waals surface area (Å²) in [5, 5.41) is 5.73. The largest absolute Gasteiger partial charge is 0.383 e. The van der Waals surface area contributed by atoms with Gasteiger partial charge in [0.25, 0.3) is 0 Å². The average Bonchev–Trinajstić information content (AvgIpc) is 2.53. The molecule has 2 heterocycles. The third kappa shape index (κ3) is 5.30. The molecular weight excluding hydrogens is 272 g/mol. The number of aromatic nitrogens is 1. The van der Waals surface area contributed by atoms with Gasteiger partial charge in [0, 0.05) is 26.7 Å². The van der Waals surface area contributed by atoms with Gasteiger partial charge in [0.15, 0.2) is 0 Å². The lowest BCUT2D eigenvalue weighted by molar-refractivity contribution is -0.115. The summed E-state index contributed by atoms with van der Waals surface area (Å²) in [7, 11) is 1.63. The minimum absolute atomic E-state index is 0.113. The first-order chi connectivity index (χ1) is 10.3. The van der Waals surface area contributed by atoms with Crippen molar-refractivity contribution in [1.82, 2.24) is 10.3 Å². The van der Waals surface area contributed by atoms with Crippen LogP contribution in [0.2, 0.25) is 0 Å². The Morgan fingerprint density at radius 2 is 2.24 bits per heavy atom. The summed E-state index contributed by atoms with van der Waals surface area (Å²) in [6.45, 7) is 4.70. The topological polar surface area (TPSA) is 75.7 Å². The zero-order valence-electron chi connectivity index (χ0n) is 12.3. The Balaban J connectivity index is 1.77. The molecule has 2 rings (SSSR count). The lowest BCUT2D eigenvalue weighted by Crippen LogP contribution is -2.36. The Bertz CT molecular complexity index is 432. The first-order valence-electron chi connectivity index (χ1n) is 7.08. The summed E-state index contributed by atoms with van der Waals surface area (Å²) in [5.74, 6) is 0.447. The highest BCUT2D eigenvalue weighted by atomic mass is 16.5. The van der Waals surface area contributed by atoms with E-state index in [9.17, 15) is 4.79 Å². The van der Waals surface area contributed by atoms with Gasteiger partial charge in [-0.15, -0.1) is 0 Å². The number of methoxy groups -OCH3 is 1. The van der Waals surface area contributed by atoms with Crippen molar-refractivity contribution >= 4 is 17.4 Å². The van der Waals surface area contributed by atoms with Gasteiger partial charge in [-0.1, -0.05) is 0 Å². The van der Waals surface area contributed by atoms with Crippen LogP contribution in [0.5, 0.6) is 0 Å². The van der Waals surface area contributed by atoms with Crippen LogP contribution in [0.15, 0.2) is 18.3 Å². The van der Waals surface area contributed by atoms with Gasteiger partial charge >= 0.3 is 0 Å². The average molecular weight is 294 g/mol. The number of carbonyl (C=O) groups is 1. The number of ether oxygens (including phenoxy) is 2. The van der Waals surface area contributed by atoms with Gasteiger partial charge in [0.2, 0.25) is 5.91 Å². The van der Waals surface area contributed by atoms with Crippen LogP contribution in [0.4, 0.5) is 11.5 Å². The van der Waals surface area contributed by atoms with Crippen molar-refractivity contribution < 1.29 is 14.3 Å². The molecule has 116 valence electrons. The second-order valence-corrected chi connectivity index (χ2v) is 4.72. The number of nitrogens with zero attached hydrogens (tertiary/aromatic N) is 2. The first kappa shape index (κ1) is 15.7. The molecule has 7 heteroatoms. The third-order valence-electron chi connectivity index (χ3n) is 3.16. The summed E-state index contributed by atoms with van der Waals surface area (Å²) in [4.78, 5) is 18.2. The molecule has 1 aliphatic heterocycles. The van der Waals surface area contributed by atoms with Crippen molar-refractivity contribution in [2.75, 3.05) is 63.3 Å². The van der Waals surface area contributed by atoms with Gasteiger partial charge in [0.05, 0.1) is 38.2 Å². The van der Waals surface area contributed by atoms with Crippen molar-refractivity contribution in [3.05, 3.63) is 18.3 Å². The van der Waals surface area contributed by atoms with Gasteiger partial charge in [0.1, 0.15) is 5.82 Å².